The molecule has 6 heteroatoms. The number of ether oxygens (including phenoxy) is 3. The van der Waals surface area contributed by atoms with E-state index < -0.39 is 18.3 Å². The van der Waals surface area contributed by atoms with Gasteiger partial charge >= 0.3 is 5.97 Å². The van der Waals surface area contributed by atoms with Gasteiger partial charge in [0.25, 0.3) is 0 Å². The van der Waals surface area contributed by atoms with Gasteiger partial charge < -0.3 is 24.4 Å². The Bertz CT molecular complexity index is 505. The van der Waals surface area contributed by atoms with Crippen molar-refractivity contribution in [1.82, 2.24) is 0 Å². The van der Waals surface area contributed by atoms with Crippen LogP contribution in [0.3, 0.4) is 0 Å². The summed E-state index contributed by atoms with van der Waals surface area (Å²) in [6, 6.07) is 9.20. The summed E-state index contributed by atoms with van der Waals surface area (Å²) >= 11 is 0. The number of rotatable bonds is 6. The first-order valence-corrected chi connectivity index (χ1v) is 7.48. The lowest BCUT2D eigenvalue weighted by molar-refractivity contribution is -0.142. The standard InChI is InChI=1S/C16H20O6/c17-10(8-20-11-4-2-1-3-5-11)9-21-16-12-6-15(19)22-14(12)7-13(16)18/h1-5,10,12-14,16-18H,6-9H2/t10?,12-,13+,14-,16+/m1/s1. The first-order valence-electron chi connectivity index (χ1n) is 7.48. The molecule has 22 heavy (non-hydrogen) atoms. The molecule has 1 saturated carbocycles. The molecule has 1 heterocycles. The molecule has 0 bridgehead atoms. The third-order valence-electron chi connectivity index (χ3n) is 4.10. The van der Waals surface area contributed by atoms with Crippen LogP contribution in [0.25, 0.3) is 0 Å². The highest BCUT2D eigenvalue weighted by Gasteiger charge is 2.50. The minimum absolute atomic E-state index is 0.0476. The highest BCUT2D eigenvalue weighted by molar-refractivity contribution is 5.72. The van der Waals surface area contributed by atoms with Crippen molar-refractivity contribution in [1.29, 1.82) is 0 Å². The fourth-order valence-electron chi connectivity index (χ4n) is 3.05. The van der Waals surface area contributed by atoms with Gasteiger partial charge in [-0.1, -0.05) is 18.2 Å². The average molecular weight is 308 g/mol. The minimum Gasteiger partial charge on any atom is -0.491 e. The van der Waals surface area contributed by atoms with Crippen LogP contribution < -0.4 is 4.74 Å². The Hall–Kier alpha value is -1.63. The molecule has 1 unspecified atom stereocenters. The third kappa shape index (κ3) is 3.40. The molecule has 120 valence electrons. The number of aliphatic hydroxyl groups is 2. The molecule has 0 radical (unpaired) electrons. The molecular weight excluding hydrogens is 288 g/mol. The molecule has 1 aliphatic heterocycles. The van der Waals surface area contributed by atoms with E-state index in [1.165, 1.54) is 0 Å². The Morgan fingerprint density at radius 3 is 2.82 bits per heavy atom. The summed E-state index contributed by atoms with van der Waals surface area (Å²) in [5.41, 5.74) is 0. The lowest BCUT2D eigenvalue weighted by Crippen LogP contribution is -2.34. The van der Waals surface area contributed by atoms with Gasteiger partial charge in [0.05, 0.1) is 25.2 Å². The van der Waals surface area contributed by atoms with Gasteiger partial charge in [0.1, 0.15) is 24.6 Å². The number of hydrogen-bond donors (Lipinski definition) is 2. The normalized spacial score (nSPS) is 31.6. The van der Waals surface area contributed by atoms with Crippen LogP contribution in [0, 0.1) is 5.92 Å². The highest BCUT2D eigenvalue weighted by Crippen LogP contribution is 2.38. The Balaban J connectivity index is 1.44. The zero-order chi connectivity index (χ0) is 15.5. The maximum Gasteiger partial charge on any atom is 0.306 e. The summed E-state index contributed by atoms with van der Waals surface area (Å²) in [7, 11) is 0. The van der Waals surface area contributed by atoms with Crippen LogP contribution in [0.2, 0.25) is 0 Å². The van der Waals surface area contributed by atoms with Crippen LogP contribution in [0.15, 0.2) is 30.3 Å². The Morgan fingerprint density at radius 2 is 2.05 bits per heavy atom. The van der Waals surface area contributed by atoms with Crippen molar-refractivity contribution in [3.8, 4) is 5.75 Å². The van der Waals surface area contributed by atoms with Crippen LogP contribution >= 0.6 is 0 Å². The number of carbonyl (C=O) groups is 1. The number of benzene rings is 1. The average Bonchev–Trinajstić information content (AvgIpc) is 2.99. The van der Waals surface area contributed by atoms with Crippen LogP contribution in [-0.4, -0.2) is 53.8 Å². The quantitative estimate of drug-likeness (QED) is 0.745. The molecule has 6 nitrogen and oxygen atoms in total. The maximum atomic E-state index is 11.3. The molecule has 2 fully saturated rings. The number of carbonyl (C=O) groups excluding carboxylic acids is 1. The van der Waals surface area contributed by atoms with Gasteiger partial charge in [-0.3, -0.25) is 4.79 Å². The zero-order valence-corrected chi connectivity index (χ0v) is 12.1. The van der Waals surface area contributed by atoms with Gasteiger partial charge in [0.2, 0.25) is 0 Å². The van der Waals surface area contributed by atoms with Crippen molar-refractivity contribution in [2.24, 2.45) is 5.92 Å². The third-order valence-corrected chi connectivity index (χ3v) is 4.10. The number of hydrogen-bond acceptors (Lipinski definition) is 6. The number of aliphatic hydroxyl groups excluding tert-OH is 2. The molecular formula is C16H20O6. The smallest absolute Gasteiger partial charge is 0.306 e. The van der Waals surface area contributed by atoms with Gasteiger partial charge in [-0.2, -0.15) is 0 Å². The molecule has 5 atom stereocenters. The Labute approximate surface area is 128 Å². The van der Waals surface area contributed by atoms with Gasteiger partial charge in [0.15, 0.2) is 0 Å². The molecule has 2 aliphatic rings. The largest absolute Gasteiger partial charge is 0.491 e. The van der Waals surface area contributed by atoms with Crippen molar-refractivity contribution in [2.75, 3.05) is 13.2 Å². The molecule has 1 aromatic rings. The van der Waals surface area contributed by atoms with Crippen molar-refractivity contribution in [3.05, 3.63) is 30.3 Å². The summed E-state index contributed by atoms with van der Waals surface area (Å²) in [5.74, 6) is 0.311. The van der Waals surface area contributed by atoms with Crippen LogP contribution in [0.1, 0.15) is 12.8 Å². The van der Waals surface area contributed by atoms with E-state index in [9.17, 15) is 15.0 Å². The fourth-order valence-corrected chi connectivity index (χ4v) is 3.05. The summed E-state index contributed by atoms with van der Waals surface area (Å²) < 4.78 is 16.2. The number of fused-ring (bicyclic) bond motifs is 1. The highest BCUT2D eigenvalue weighted by atomic mass is 16.6. The molecule has 1 aliphatic carbocycles. The number of esters is 1. The number of para-hydroxylation sites is 1. The molecule has 0 spiro atoms. The zero-order valence-electron chi connectivity index (χ0n) is 12.1. The van der Waals surface area contributed by atoms with Gasteiger partial charge in [-0.05, 0) is 12.1 Å². The molecule has 1 aromatic carbocycles. The van der Waals surface area contributed by atoms with Crippen LogP contribution in [0.4, 0.5) is 0 Å². The second-order valence-electron chi connectivity index (χ2n) is 5.78. The second-order valence-corrected chi connectivity index (χ2v) is 5.78. The first-order chi connectivity index (χ1) is 10.6. The Morgan fingerprint density at radius 1 is 1.27 bits per heavy atom. The predicted octanol–water partition coefficient (Wildman–Crippen LogP) is 0.508. The lowest BCUT2D eigenvalue weighted by Gasteiger charge is -2.22. The predicted molar refractivity (Wildman–Crippen MR) is 76.3 cm³/mol. The molecule has 0 amide bonds. The van der Waals surface area contributed by atoms with Crippen molar-refractivity contribution >= 4 is 5.97 Å². The van der Waals surface area contributed by atoms with Gasteiger partial charge in [-0.25, -0.2) is 0 Å². The summed E-state index contributed by atoms with van der Waals surface area (Å²) in [5, 5.41) is 19.9. The summed E-state index contributed by atoms with van der Waals surface area (Å²) in [6.45, 7) is 0.155. The van der Waals surface area contributed by atoms with Gasteiger partial charge in [-0.15, -0.1) is 0 Å². The van der Waals surface area contributed by atoms with E-state index in [0.29, 0.717) is 12.2 Å². The van der Waals surface area contributed by atoms with Crippen molar-refractivity contribution in [3.63, 3.8) is 0 Å². The van der Waals surface area contributed by atoms with E-state index in [-0.39, 0.29) is 37.6 Å². The van der Waals surface area contributed by atoms with E-state index in [2.05, 4.69) is 0 Å². The van der Waals surface area contributed by atoms with E-state index in [1.54, 1.807) is 12.1 Å². The summed E-state index contributed by atoms with van der Waals surface area (Å²) in [6.07, 6.45) is -1.52. The Kier molecular flexibility index (Phi) is 4.61. The molecule has 3 rings (SSSR count). The van der Waals surface area contributed by atoms with Crippen molar-refractivity contribution < 1.29 is 29.2 Å². The van der Waals surface area contributed by atoms with E-state index in [4.69, 9.17) is 14.2 Å². The molecule has 1 saturated heterocycles. The monoisotopic (exact) mass is 308 g/mol. The topological polar surface area (TPSA) is 85.2 Å². The van der Waals surface area contributed by atoms with Crippen LogP contribution in [0.5, 0.6) is 5.75 Å². The van der Waals surface area contributed by atoms with E-state index >= 15 is 0 Å². The van der Waals surface area contributed by atoms with Gasteiger partial charge in [0, 0.05) is 12.3 Å². The molecule has 0 aromatic heterocycles. The molecule has 2 N–H and O–H groups in total. The SMILES string of the molecule is O=C1C[C@H]2[C@H](OCC(O)COc3ccccc3)[C@@H](O)C[C@H]2O1. The first kappa shape index (κ1) is 15.3. The maximum absolute atomic E-state index is 11.3. The van der Waals surface area contributed by atoms with Crippen LogP contribution in [-0.2, 0) is 14.3 Å². The summed E-state index contributed by atoms with van der Waals surface area (Å²) in [4.78, 5) is 11.3. The van der Waals surface area contributed by atoms with E-state index in [1.807, 2.05) is 18.2 Å². The fraction of sp³-hybridized carbons (Fsp3) is 0.562. The second kappa shape index (κ2) is 6.64. The van der Waals surface area contributed by atoms with Crippen molar-refractivity contribution in [2.45, 2.75) is 37.3 Å². The lowest BCUT2D eigenvalue weighted by atomic mass is 10.0. The minimum atomic E-state index is -0.801. The van der Waals surface area contributed by atoms with E-state index in [0.717, 1.165) is 0 Å².